The second kappa shape index (κ2) is 7.32. The zero-order chi connectivity index (χ0) is 16.3. The molecule has 2 atom stereocenters. The fourth-order valence-electron chi connectivity index (χ4n) is 2.17. The van der Waals surface area contributed by atoms with Crippen LogP contribution in [0.1, 0.15) is 32.9 Å². The number of aliphatic hydroxyl groups is 2. The van der Waals surface area contributed by atoms with Gasteiger partial charge < -0.3 is 20.7 Å². The Morgan fingerprint density at radius 1 is 1.45 bits per heavy atom. The molecule has 122 valence electrons. The van der Waals surface area contributed by atoms with E-state index in [4.69, 9.17) is 20.7 Å². The number of hydrogen-bond acceptors (Lipinski definition) is 7. The van der Waals surface area contributed by atoms with Crippen molar-refractivity contribution in [1.29, 1.82) is 0 Å². The maximum atomic E-state index is 9.10. The van der Waals surface area contributed by atoms with E-state index >= 15 is 0 Å². The highest BCUT2D eigenvalue weighted by atomic mass is 79.9. The number of aliphatic hydroxyl groups excluding tert-OH is 2. The molecule has 0 amide bonds. The van der Waals surface area contributed by atoms with Crippen molar-refractivity contribution in [2.45, 2.75) is 45.1 Å². The molecule has 2 aromatic heterocycles. The zero-order valence-electron chi connectivity index (χ0n) is 12.5. The Morgan fingerprint density at radius 3 is 2.73 bits per heavy atom. The van der Waals surface area contributed by atoms with E-state index in [1.807, 2.05) is 4.57 Å². The topological polar surface area (TPSA) is 119 Å². The summed E-state index contributed by atoms with van der Waals surface area (Å²) in [6.07, 6.45) is 2.54. The Balaban J connectivity index is 0.000000396. The molecule has 2 aromatic rings. The maximum Gasteiger partial charge on any atom is 0.181 e. The van der Waals surface area contributed by atoms with Crippen molar-refractivity contribution in [1.82, 2.24) is 19.5 Å². The van der Waals surface area contributed by atoms with Gasteiger partial charge in [-0.3, -0.25) is 4.57 Å². The fourth-order valence-corrected chi connectivity index (χ4v) is 2.74. The minimum absolute atomic E-state index is 0.0257. The largest absolute Gasteiger partial charge is 0.394 e. The molecule has 0 spiro atoms. The van der Waals surface area contributed by atoms with E-state index in [1.54, 1.807) is 13.8 Å². The van der Waals surface area contributed by atoms with Crippen molar-refractivity contribution in [3.63, 3.8) is 0 Å². The van der Waals surface area contributed by atoms with E-state index in [0.29, 0.717) is 21.7 Å². The third-order valence-electron chi connectivity index (χ3n) is 3.04. The molecule has 0 aromatic carbocycles. The highest BCUT2D eigenvalue weighted by molar-refractivity contribution is 9.10. The van der Waals surface area contributed by atoms with Crippen LogP contribution in [0.15, 0.2) is 11.1 Å². The summed E-state index contributed by atoms with van der Waals surface area (Å²) in [6.45, 7) is 3.47. The molecule has 0 bridgehead atoms. The molecule has 0 radical (unpaired) electrons. The number of nitrogens with two attached hydrogens (primary N) is 1. The molecular formula is C13H20BrN5O3. The number of halogens is 1. The second-order valence-corrected chi connectivity index (χ2v) is 5.96. The molecule has 9 heteroatoms. The molecule has 1 saturated heterocycles. The summed E-state index contributed by atoms with van der Waals surface area (Å²) in [5.41, 5.74) is 6.95. The minimum Gasteiger partial charge on any atom is -0.394 e. The van der Waals surface area contributed by atoms with Gasteiger partial charge in [0.1, 0.15) is 12.6 Å². The summed E-state index contributed by atoms with van der Waals surface area (Å²) in [4.78, 5) is 12.4. The normalized spacial score (nSPS) is 21.2. The number of aromatic nitrogens is 4. The van der Waals surface area contributed by atoms with Crippen molar-refractivity contribution in [3.05, 3.63) is 11.1 Å². The third-order valence-corrected chi connectivity index (χ3v) is 3.60. The van der Waals surface area contributed by atoms with Gasteiger partial charge in [0, 0.05) is 6.10 Å². The third kappa shape index (κ3) is 3.72. The van der Waals surface area contributed by atoms with E-state index in [1.165, 1.54) is 6.33 Å². The van der Waals surface area contributed by atoms with E-state index in [2.05, 4.69) is 30.9 Å². The number of ether oxygens (including phenoxy) is 1. The van der Waals surface area contributed by atoms with Crippen LogP contribution in [0.4, 0.5) is 5.82 Å². The number of anilines is 1. The smallest absolute Gasteiger partial charge is 0.181 e. The molecule has 2 unspecified atom stereocenters. The van der Waals surface area contributed by atoms with E-state index in [-0.39, 0.29) is 25.0 Å². The van der Waals surface area contributed by atoms with Crippen LogP contribution in [0, 0.1) is 0 Å². The SMILES string of the molecule is CC(C)O.Nc1ncnc2c1nc(Br)n2C1CCC(CO)O1. The Hall–Kier alpha value is -1.29. The Morgan fingerprint density at radius 2 is 2.14 bits per heavy atom. The molecule has 0 saturated carbocycles. The van der Waals surface area contributed by atoms with Crippen molar-refractivity contribution in [3.8, 4) is 0 Å². The van der Waals surface area contributed by atoms with Gasteiger partial charge in [-0.25, -0.2) is 15.0 Å². The van der Waals surface area contributed by atoms with Gasteiger partial charge >= 0.3 is 0 Å². The number of rotatable bonds is 2. The number of hydrogen-bond donors (Lipinski definition) is 3. The molecule has 3 heterocycles. The molecule has 1 fully saturated rings. The lowest BCUT2D eigenvalue weighted by molar-refractivity contribution is -0.0217. The van der Waals surface area contributed by atoms with Crippen molar-refractivity contribution in [2.24, 2.45) is 0 Å². The molecule has 0 aliphatic carbocycles. The first-order chi connectivity index (χ1) is 10.4. The first-order valence-corrected chi connectivity index (χ1v) is 7.81. The maximum absolute atomic E-state index is 9.10. The van der Waals surface area contributed by atoms with Crippen LogP contribution in [0.25, 0.3) is 11.2 Å². The van der Waals surface area contributed by atoms with Gasteiger partial charge in [0.2, 0.25) is 0 Å². The average molecular weight is 374 g/mol. The number of nitrogens with zero attached hydrogens (tertiary/aromatic N) is 4. The molecule has 1 aliphatic heterocycles. The van der Waals surface area contributed by atoms with Crippen LogP contribution in [0.2, 0.25) is 0 Å². The second-order valence-electron chi connectivity index (χ2n) is 5.25. The van der Waals surface area contributed by atoms with Gasteiger partial charge in [-0.2, -0.15) is 0 Å². The number of nitrogen functional groups attached to an aromatic ring is 1. The molecular weight excluding hydrogens is 354 g/mol. The fraction of sp³-hybridized carbons (Fsp3) is 0.615. The van der Waals surface area contributed by atoms with Crippen LogP contribution >= 0.6 is 15.9 Å². The lowest BCUT2D eigenvalue weighted by atomic mass is 10.2. The molecule has 3 rings (SSSR count). The first kappa shape index (κ1) is 17.1. The number of fused-ring (bicyclic) bond motifs is 1. The summed E-state index contributed by atoms with van der Waals surface area (Å²) >= 11 is 3.38. The van der Waals surface area contributed by atoms with Crippen LogP contribution in [-0.2, 0) is 4.74 Å². The van der Waals surface area contributed by atoms with Gasteiger partial charge in [0.15, 0.2) is 21.7 Å². The average Bonchev–Trinajstić information content (AvgIpc) is 3.02. The van der Waals surface area contributed by atoms with Crippen molar-refractivity contribution >= 4 is 32.9 Å². The highest BCUT2D eigenvalue weighted by Gasteiger charge is 2.29. The minimum atomic E-state index is -0.184. The molecule has 4 N–H and O–H groups in total. The summed E-state index contributed by atoms with van der Waals surface area (Å²) in [5.74, 6) is 0.344. The van der Waals surface area contributed by atoms with Crippen molar-refractivity contribution in [2.75, 3.05) is 12.3 Å². The summed E-state index contributed by atoms with van der Waals surface area (Å²) in [7, 11) is 0. The van der Waals surface area contributed by atoms with E-state index in [9.17, 15) is 0 Å². The van der Waals surface area contributed by atoms with Gasteiger partial charge in [-0.05, 0) is 42.6 Å². The summed E-state index contributed by atoms with van der Waals surface area (Å²) in [6, 6.07) is 0. The van der Waals surface area contributed by atoms with E-state index < -0.39 is 0 Å². The van der Waals surface area contributed by atoms with Crippen LogP contribution in [-0.4, -0.2) is 48.5 Å². The van der Waals surface area contributed by atoms with Gasteiger partial charge in [0.25, 0.3) is 0 Å². The number of imidazole rings is 1. The van der Waals surface area contributed by atoms with Crippen LogP contribution in [0.5, 0.6) is 0 Å². The zero-order valence-corrected chi connectivity index (χ0v) is 14.1. The summed E-state index contributed by atoms with van der Waals surface area (Å²) in [5, 5.41) is 17.2. The Kier molecular flexibility index (Phi) is 5.68. The lowest BCUT2D eigenvalue weighted by Crippen LogP contribution is -2.14. The highest BCUT2D eigenvalue weighted by Crippen LogP contribution is 2.34. The quantitative estimate of drug-likeness (QED) is 0.677. The van der Waals surface area contributed by atoms with E-state index in [0.717, 1.165) is 12.8 Å². The Labute approximate surface area is 136 Å². The van der Waals surface area contributed by atoms with Gasteiger partial charge in [-0.1, -0.05) is 0 Å². The van der Waals surface area contributed by atoms with Crippen molar-refractivity contribution < 1.29 is 14.9 Å². The van der Waals surface area contributed by atoms with Crippen LogP contribution < -0.4 is 5.73 Å². The standard InChI is InChI=1S/C10H12BrN5O2.C3H8O/c11-10-15-7-8(12)13-4-14-9(7)16(10)6-2-1-5(3-17)18-6;1-3(2)4/h4-6,17H,1-3H2,(H2,12,13,14);3-4H,1-2H3. The first-order valence-electron chi connectivity index (χ1n) is 7.02. The van der Waals surface area contributed by atoms with Gasteiger partial charge in [-0.15, -0.1) is 0 Å². The van der Waals surface area contributed by atoms with Crippen LogP contribution in [0.3, 0.4) is 0 Å². The van der Waals surface area contributed by atoms with Gasteiger partial charge in [0.05, 0.1) is 12.7 Å². The lowest BCUT2D eigenvalue weighted by Gasteiger charge is -2.14. The molecule has 1 aliphatic rings. The Bertz CT molecular complexity index is 631. The predicted octanol–water partition coefficient (Wildman–Crippen LogP) is 1.23. The molecule has 8 nitrogen and oxygen atoms in total. The predicted molar refractivity (Wildman–Crippen MR) is 85.0 cm³/mol. The monoisotopic (exact) mass is 373 g/mol. The summed E-state index contributed by atoms with van der Waals surface area (Å²) < 4.78 is 8.17. The molecule has 22 heavy (non-hydrogen) atoms.